The highest BCUT2D eigenvalue weighted by molar-refractivity contribution is 7.10. The van der Waals surface area contributed by atoms with Crippen molar-refractivity contribution in [3.05, 3.63) is 81.6 Å². The van der Waals surface area contributed by atoms with Crippen LogP contribution in [0, 0.1) is 17.5 Å². The van der Waals surface area contributed by atoms with Gasteiger partial charge in [0.05, 0.1) is 6.04 Å². The number of thiophene rings is 1. The minimum Gasteiger partial charge on any atom is -0.330 e. The second kappa shape index (κ2) is 8.78. The average molecular weight is 479 g/mol. The molecule has 1 saturated heterocycles. The number of hydrogen-bond donors (Lipinski definition) is 2. The highest BCUT2D eigenvalue weighted by Crippen LogP contribution is 2.51. The number of urea groups is 1. The van der Waals surface area contributed by atoms with Crippen molar-refractivity contribution in [2.75, 3.05) is 18.4 Å². The molecule has 0 bridgehead atoms. The molecule has 4 heterocycles. The Hall–Kier alpha value is -2.77. The van der Waals surface area contributed by atoms with Gasteiger partial charge in [0.25, 0.3) is 0 Å². The molecule has 2 atom stereocenters. The van der Waals surface area contributed by atoms with Crippen molar-refractivity contribution in [3.8, 4) is 0 Å². The average Bonchev–Trinajstić information content (AvgIpc) is 3.45. The van der Waals surface area contributed by atoms with Crippen molar-refractivity contribution in [1.82, 2.24) is 15.2 Å². The molecular formula is C27H31FN4OS. The van der Waals surface area contributed by atoms with Crippen LogP contribution in [0.15, 0.2) is 54.7 Å². The lowest BCUT2D eigenvalue weighted by molar-refractivity contribution is 0.109. The molecule has 2 N–H and O–H groups in total. The molecule has 2 aliphatic rings. The molecule has 0 aliphatic carbocycles. The van der Waals surface area contributed by atoms with Gasteiger partial charge in [-0.15, -0.1) is 11.3 Å². The molecule has 2 amide bonds. The molecule has 1 fully saturated rings. The van der Waals surface area contributed by atoms with E-state index in [1.165, 1.54) is 16.9 Å². The Labute approximate surface area is 204 Å². The minimum absolute atomic E-state index is 0.112. The Kier molecular flexibility index (Phi) is 5.94. The van der Waals surface area contributed by atoms with Crippen LogP contribution in [-0.2, 0) is 12.0 Å². The van der Waals surface area contributed by atoms with Crippen molar-refractivity contribution in [3.63, 3.8) is 0 Å². The number of likely N-dealkylation sites (tertiary alicyclic amines) is 1. The molecule has 178 valence electrons. The maximum absolute atomic E-state index is 13.7. The van der Waals surface area contributed by atoms with E-state index < -0.39 is 0 Å². The number of amides is 2. The third kappa shape index (κ3) is 4.23. The van der Waals surface area contributed by atoms with Crippen LogP contribution >= 0.6 is 11.3 Å². The summed E-state index contributed by atoms with van der Waals surface area (Å²) >= 11 is 1.22. The van der Waals surface area contributed by atoms with E-state index in [-0.39, 0.29) is 28.2 Å². The Balaban J connectivity index is 1.49. The van der Waals surface area contributed by atoms with Crippen LogP contribution < -0.4 is 10.6 Å². The van der Waals surface area contributed by atoms with Crippen molar-refractivity contribution in [2.45, 2.75) is 51.6 Å². The maximum Gasteiger partial charge on any atom is 0.319 e. The molecular weight excluding hydrogens is 447 g/mol. The van der Waals surface area contributed by atoms with Crippen LogP contribution in [0.4, 0.5) is 14.9 Å². The summed E-state index contributed by atoms with van der Waals surface area (Å²) < 4.78 is 13.7. The van der Waals surface area contributed by atoms with Gasteiger partial charge in [-0.2, -0.15) is 4.39 Å². The zero-order valence-corrected chi connectivity index (χ0v) is 20.7. The number of anilines is 1. The number of hydrogen-bond acceptors (Lipinski definition) is 4. The summed E-state index contributed by atoms with van der Waals surface area (Å²) in [6.45, 7) is 8.25. The Morgan fingerprint density at radius 3 is 2.76 bits per heavy atom. The van der Waals surface area contributed by atoms with E-state index in [0.29, 0.717) is 0 Å². The number of halogens is 1. The van der Waals surface area contributed by atoms with E-state index >= 15 is 0 Å². The zero-order chi connectivity index (χ0) is 23.9. The van der Waals surface area contributed by atoms with Gasteiger partial charge in [0, 0.05) is 40.0 Å². The van der Waals surface area contributed by atoms with Gasteiger partial charge in [-0.05, 0) is 82.0 Å². The smallest absolute Gasteiger partial charge is 0.319 e. The fraction of sp³-hybridized carbons (Fsp3) is 0.407. The Morgan fingerprint density at radius 2 is 2.03 bits per heavy atom. The fourth-order valence-electron chi connectivity index (χ4n) is 5.54. The molecule has 1 unspecified atom stereocenters. The van der Waals surface area contributed by atoms with Crippen LogP contribution in [0.2, 0.25) is 0 Å². The van der Waals surface area contributed by atoms with Gasteiger partial charge in [0.15, 0.2) is 5.13 Å². The van der Waals surface area contributed by atoms with Gasteiger partial charge in [-0.1, -0.05) is 24.3 Å². The van der Waals surface area contributed by atoms with Gasteiger partial charge in [-0.25, -0.2) is 4.79 Å². The summed E-state index contributed by atoms with van der Waals surface area (Å²) in [5, 5.41) is 6.07. The second-order valence-corrected chi connectivity index (χ2v) is 11.2. The standard InChI is InChI=1S/C27H31FN4OS/c1-18-8-9-19(16-29-18)26(2,3)32-15-14-27(17-32,13-12-20-10-11-23(28)34-20)24-21-6-4-5-7-22(21)30-25(33)31-24/h4-11,16,24H,12-15,17H2,1-3H3,(H2,30,31,33)/t24-,27?/m1/s1. The van der Waals surface area contributed by atoms with Crippen molar-refractivity contribution in [2.24, 2.45) is 5.41 Å². The predicted molar refractivity (Wildman–Crippen MR) is 135 cm³/mol. The number of pyridine rings is 1. The lowest BCUT2D eigenvalue weighted by Crippen LogP contribution is -2.49. The topological polar surface area (TPSA) is 57.3 Å². The first kappa shape index (κ1) is 23.0. The van der Waals surface area contributed by atoms with E-state index in [1.807, 2.05) is 37.4 Å². The molecule has 3 aromatic rings. The number of aryl methyl sites for hydroxylation is 2. The number of rotatable bonds is 6. The van der Waals surface area contributed by atoms with Gasteiger partial charge < -0.3 is 10.6 Å². The summed E-state index contributed by atoms with van der Waals surface area (Å²) in [5.41, 5.74) is 3.81. The summed E-state index contributed by atoms with van der Waals surface area (Å²) in [5.74, 6) is 0. The zero-order valence-electron chi connectivity index (χ0n) is 19.9. The lowest BCUT2D eigenvalue weighted by Gasteiger charge is -2.43. The van der Waals surface area contributed by atoms with Gasteiger partial charge in [-0.3, -0.25) is 9.88 Å². The third-order valence-corrected chi connectivity index (χ3v) is 8.63. The van der Waals surface area contributed by atoms with Crippen LogP contribution in [0.1, 0.15) is 54.4 Å². The molecule has 0 saturated carbocycles. The number of aromatic nitrogens is 1. The van der Waals surface area contributed by atoms with E-state index in [4.69, 9.17) is 0 Å². The quantitative estimate of drug-likeness (QED) is 0.455. The first-order valence-corrected chi connectivity index (χ1v) is 12.7. The molecule has 0 spiro atoms. The Bertz CT molecular complexity index is 1190. The van der Waals surface area contributed by atoms with Crippen LogP contribution in [0.5, 0.6) is 0 Å². The summed E-state index contributed by atoms with van der Waals surface area (Å²) in [6.07, 6.45) is 4.58. The number of nitrogens with zero attached hydrogens (tertiary/aromatic N) is 2. The summed E-state index contributed by atoms with van der Waals surface area (Å²) in [4.78, 5) is 20.8. The molecule has 0 radical (unpaired) electrons. The molecule has 2 aliphatic heterocycles. The SMILES string of the molecule is Cc1ccc(C(C)(C)N2CCC(CCc3ccc(F)s3)([C@@H]3NC(=O)Nc4ccccc43)C2)cn1. The monoisotopic (exact) mass is 478 g/mol. The largest absolute Gasteiger partial charge is 0.330 e. The molecule has 34 heavy (non-hydrogen) atoms. The number of carbonyl (C=O) groups excluding carboxylic acids is 1. The highest BCUT2D eigenvalue weighted by atomic mass is 32.1. The van der Waals surface area contributed by atoms with Crippen LogP contribution in [0.25, 0.3) is 0 Å². The van der Waals surface area contributed by atoms with Crippen LogP contribution in [-0.4, -0.2) is 29.0 Å². The van der Waals surface area contributed by atoms with E-state index in [9.17, 15) is 9.18 Å². The number of benzene rings is 1. The molecule has 5 rings (SSSR count). The number of fused-ring (bicyclic) bond motifs is 1. The first-order chi connectivity index (χ1) is 16.3. The Morgan fingerprint density at radius 1 is 1.21 bits per heavy atom. The summed E-state index contributed by atoms with van der Waals surface area (Å²) in [7, 11) is 0. The fourth-order valence-corrected chi connectivity index (χ4v) is 6.27. The molecule has 7 heteroatoms. The normalized spacial score (nSPS) is 22.8. The number of nitrogens with one attached hydrogen (secondary N) is 2. The van der Waals surface area contributed by atoms with Gasteiger partial charge in [0.1, 0.15) is 0 Å². The molecule has 2 aromatic heterocycles. The second-order valence-electron chi connectivity index (χ2n) is 10.1. The third-order valence-electron chi connectivity index (χ3n) is 7.70. The van der Waals surface area contributed by atoms with Crippen LogP contribution in [0.3, 0.4) is 0 Å². The summed E-state index contributed by atoms with van der Waals surface area (Å²) in [6, 6.07) is 15.5. The number of carbonyl (C=O) groups is 1. The maximum atomic E-state index is 13.7. The van der Waals surface area contributed by atoms with E-state index in [2.05, 4.69) is 52.6 Å². The van der Waals surface area contributed by atoms with Crippen molar-refractivity contribution in [1.29, 1.82) is 0 Å². The number of para-hydroxylation sites is 1. The van der Waals surface area contributed by atoms with E-state index in [0.717, 1.165) is 54.2 Å². The lowest BCUT2D eigenvalue weighted by atomic mass is 9.71. The minimum atomic E-state index is -0.200. The van der Waals surface area contributed by atoms with Gasteiger partial charge >= 0.3 is 6.03 Å². The molecule has 5 nitrogen and oxygen atoms in total. The van der Waals surface area contributed by atoms with Gasteiger partial charge in [0.2, 0.25) is 0 Å². The van der Waals surface area contributed by atoms with Crippen molar-refractivity contribution >= 4 is 23.1 Å². The van der Waals surface area contributed by atoms with Crippen molar-refractivity contribution < 1.29 is 9.18 Å². The molecule has 1 aromatic carbocycles. The highest BCUT2D eigenvalue weighted by Gasteiger charge is 2.50. The predicted octanol–water partition coefficient (Wildman–Crippen LogP) is 6.03. The first-order valence-electron chi connectivity index (χ1n) is 11.9. The van der Waals surface area contributed by atoms with E-state index in [1.54, 1.807) is 6.07 Å².